The van der Waals surface area contributed by atoms with Gasteiger partial charge in [-0.1, -0.05) is 15.9 Å². The van der Waals surface area contributed by atoms with Crippen LogP contribution in [0.2, 0.25) is 0 Å². The zero-order valence-electron chi connectivity index (χ0n) is 13.9. The second-order valence-corrected chi connectivity index (χ2v) is 8.57. The zero-order chi connectivity index (χ0) is 17.1. The van der Waals surface area contributed by atoms with Crippen LogP contribution < -0.4 is 5.32 Å². The summed E-state index contributed by atoms with van der Waals surface area (Å²) >= 11 is 5.03. The maximum absolute atomic E-state index is 12.2. The molecule has 2 amide bonds. The van der Waals surface area contributed by atoms with E-state index in [1.165, 1.54) is 5.56 Å². The molecule has 6 heteroatoms. The standard InChI is InChI=1S/C18H23BrN2O2S/c1-12-10-14(19)4-5-16(12)24-11-17(22)20-15-6-8-21(9-7-15)18(23)13-2-3-13/h4-5,10,13,15H,2-3,6-9,11H2,1H3,(H,20,22). The molecule has 2 fully saturated rings. The van der Waals surface area contributed by atoms with Gasteiger partial charge in [-0.15, -0.1) is 11.8 Å². The molecule has 0 unspecified atom stereocenters. The Kier molecular flexibility index (Phi) is 5.87. The van der Waals surface area contributed by atoms with E-state index in [1.54, 1.807) is 11.8 Å². The quantitative estimate of drug-likeness (QED) is 0.756. The fourth-order valence-corrected chi connectivity index (χ4v) is 4.32. The highest BCUT2D eigenvalue weighted by Crippen LogP contribution is 2.32. The maximum atomic E-state index is 12.2. The Morgan fingerprint density at radius 1 is 1.25 bits per heavy atom. The smallest absolute Gasteiger partial charge is 0.230 e. The van der Waals surface area contributed by atoms with Crippen LogP contribution in [0.25, 0.3) is 0 Å². The van der Waals surface area contributed by atoms with Crippen molar-refractivity contribution in [1.82, 2.24) is 10.2 Å². The summed E-state index contributed by atoms with van der Waals surface area (Å²) in [6.07, 6.45) is 3.85. The number of nitrogens with one attached hydrogen (secondary N) is 1. The Morgan fingerprint density at radius 2 is 1.96 bits per heavy atom. The Balaban J connectivity index is 1.40. The maximum Gasteiger partial charge on any atom is 0.230 e. The summed E-state index contributed by atoms with van der Waals surface area (Å²) in [4.78, 5) is 27.3. The molecule has 1 aliphatic carbocycles. The van der Waals surface area contributed by atoms with E-state index in [0.29, 0.717) is 17.6 Å². The van der Waals surface area contributed by atoms with Crippen LogP contribution in [0.3, 0.4) is 0 Å². The van der Waals surface area contributed by atoms with Crippen molar-refractivity contribution in [2.24, 2.45) is 5.92 Å². The third-order valence-electron chi connectivity index (χ3n) is 4.59. The fraction of sp³-hybridized carbons (Fsp3) is 0.556. The molecule has 1 aliphatic heterocycles. The predicted octanol–water partition coefficient (Wildman–Crippen LogP) is 3.37. The zero-order valence-corrected chi connectivity index (χ0v) is 16.3. The second kappa shape index (κ2) is 7.91. The Morgan fingerprint density at radius 3 is 2.58 bits per heavy atom. The molecule has 1 heterocycles. The Hall–Kier alpha value is -1.01. The topological polar surface area (TPSA) is 49.4 Å². The lowest BCUT2D eigenvalue weighted by molar-refractivity contribution is -0.133. The van der Waals surface area contributed by atoms with Crippen molar-refractivity contribution in [3.8, 4) is 0 Å². The van der Waals surface area contributed by atoms with Gasteiger partial charge in [-0.25, -0.2) is 0 Å². The van der Waals surface area contributed by atoms with Gasteiger partial charge in [-0.3, -0.25) is 9.59 Å². The third-order valence-corrected chi connectivity index (χ3v) is 6.26. The number of benzene rings is 1. The summed E-state index contributed by atoms with van der Waals surface area (Å²) in [5.41, 5.74) is 1.18. The van der Waals surface area contributed by atoms with Crippen molar-refractivity contribution >= 4 is 39.5 Å². The first-order valence-corrected chi connectivity index (χ1v) is 10.3. The van der Waals surface area contributed by atoms with Crippen molar-refractivity contribution in [1.29, 1.82) is 0 Å². The number of piperidine rings is 1. The first-order valence-electron chi connectivity index (χ1n) is 8.50. The van der Waals surface area contributed by atoms with Gasteiger partial charge in [0, 0.05) is 34.4 Å². The highest BCUT2D eigenvalue weighted by atomic mass is 79.9. The summed E-state index contributed by atoms with van der Waals surface area (Å²) in [5.74, 6) is 1.13. The SMILES string of the molecule is Cc1cc(Br)ccc1SCC(=O)NC1CCN(C(=O)C2CC2)CC1. The number of nitrogens with zero attached hydrogens (tertiary/aromatic N) is 1. The van der Waals surface area contributed by atoms with Crippen LogP contribution in [-0.4, -0.2) is 41.6 Å². The molecule has 1 aromatic rings. The minimum absolute atomic E-state index is 0.0780. The third kappa shape index (κ3) is 4.76. The highest BCUT2D eigenvalue weighted by molar-refractivity contribution is 9.10. The molecule has 2 aliphatic rings. The Bertz CT molecular complexity index is 625. The molecule has 1 saturated heterocycles. The molecule has 24 heavy (non-hydrogen) atoms. The summed E-state index contributed by atoms with van der Waals surface area (Å²) in [7, 11) is 0. The lowest BCUT2D eigenvalue weighted by Gasteiger charge is -2.32. The molecule has 0 aromatic heterocycles. The minimum Gasteiger partial charge on any atom is -0.353 e. The number of aryl methyl sites for hydroxylation is 1. The number of amides is 2. The molecule has 4 nitrogen and oxygen atoms in total. The number of likely N-dealkylation sites (tertiary alicyclic amines) is 1. The van der Waals surface area contributed by atoms with E-state index in [4.69, 9.17) is 0 Å². The van der Waals surface area contributed by atoms with Gasteiger partial charge in [0.15, 0.2) is 0 Å². The van der Waals surface area contributed by atoms with Gasteiger partial charge < -0.3 is 10.2 Å². The summed E-state index contributed by atoms with van der Waals surface area (Å²) < 4.78 is 1.06. The molecule has 130 valence electrons. The molecular weight excluding hydrogens is 388 g/mol. The monoisotopic (exact) mass is 410 g/mol. The van der Waals surface area contributed by atoms with E-state index in [1.807, 2.05) is 17.0 Å². The number of carbonyl (C=O) groups excluding carboxylic acids is 2. The van der Waals surface area contributed by atoms with Gasteiger partial charge in [0.1, 0.15) is 0 Å². The van der Waals surface area contributed by atoms with Gasteiger partial charge in [-0.05, 0) is 56.4 Å². The fourth-order valence-electron chi connectivity index (χ4n) is 3.02. The number of thioether (sulfide) groups is 1. The van der Waals surface area contributed by atoms with E-state index < -0.39 is 0 Å². The van der Waals surface area contributed by atoms with Crippen LogP contribution in [-0.2, 0) is 9.59 Å². The van der Waals surface area contributed by atoms with E-state index in [0.717, 1.165) is 48.1 Å². The van der Waals surface area contributed by atoms with Crippen molar-refractivity contribution in [3.63, 3.8) is 0 Å². The normalized spacial score (nSPS) is 18.5. The highest BCUT2D eigenvalue weighted by Gasteiger charge is 2.35. The van der Waals surface area contributed by atoms with Crippen LogP contribution in [0.1, 0.15) is 31.2 Å². The largest absolute Gasteiger partial charge is 0.353 e. The van der Waals surface area contributed by atoms with Crippen LogP contribution in [0.4, 0.5) is 0 Å². The van der Waals surface area contributed by atoms with Gasteiger partial charge in [0.25, 0.3) is 0 Å². The van der Waals surface area contributed by atoms with Gasteiger partial charge >= 0.3 is 0 Å². The number of hydrogen-bond donors (Lipinski definition) is 1. The lowest BCUT2D eigenvalue weighted by atomic mass is 10.0. The molecule has 3 rings (SSSR count). The molecule has 0 spiro atoms. The van der Waals surface area contributed by atoms with Crippen LogP contribution in [0.15, 0.2) is 27.6 Å². The van der Waals surface area contributed by atoms with E-state index >= 15 is 0 Å². The van der Waals surface area contributed by atoms with Gasteiger partial charge in [0.05, 0.1) is 5.75 Å². The first-order chi connectivity index (χ1) is 11.5. The van der Waals surface area contributed by atoms with Gasteiger partial charge in [-0.2, -0.15) is 0 Å². The Labute approximate surface area is 155 Å². The summed E-state index contributed by atoms with van der Waals surface area (Å²) in [6.45, 7) is 3.61. The van der Waals surface area contributed by atoms with Crippen molar-refractivity contribution in [2.75, 3.05) is 18.8 Å². The minimum atomic E-state index is 0.0780. The molecule has 1 aromatic carbocycles. The van der Waals surface area contributed by atoms with Crippen LogP contribution >= 0.6 is 27.7 Å². The van der Waals surface area contributed by atoms with Crippen LogP contribution in [0.5, 0.6) is 0 Å². The second-order valence-electron chi connectivity index (χ2n) is 6.64. The number of hydrogen-bond acceptors (Lipinski definition) is 3. The first kappa shape index (κ1) is 17.8. The van der Waals surface area contributed by atoms with Gasteiger partial charge in [0.2, 0.25) is 11.8 Å². The van der Waals surface area contributed by atoms with E-state index in [9.17, 15) is 9.59 Å². The number of rotatable bonds is 5. The van der Waals surface area contributed by atoms with Crippen LogP contribution in [0, 0.1) is 12.8 Å². The molecule has 1 N–H and O–H groups in total. The van der Waals surface area contributed by atoms with E-state index in [2.05, 4.69) is 34.2 Å². The molecular formula is C18H23BrN2O2S. The molecule has 0 atom stereocenters. The molecule has 0 radical (unpaired) electrons. The van der Waals surface area contributed by atoms with Crippen molar-refractivity contribution < 1.29 is 9.59 Å². The predicted molar refractivity (Wildman–Crippen MR) is 100 cm³/mol. The lowest BCUT2D eigenvalue weighted by Crippen LogP contribution is -2.47. The van der Waals surface area contributed by atoms with Crippen molar-refractivity contribution in [3.05, 3.63) is 28.2 Å². The molecule has 1 saturated carbocycles. The average molecular weight is 411 g/mol. The average Bonchev–Trinajstić information content (AvgIpc) is 3.39. The van der Waals surface area contributed by atoms with E-state index in [-0.39, 0.29) is 11.9 Å². The number of carbonyl (C=O) groups is 2. The number of halogens is 1. The summed E-state index contributed by atoms with van der Waals surface area (Å²) in [5, 5.41) is 3.12. The molecule has 0 bridgehead atoms. The van der Waals surface area contributed by atoms with Crippen molar-refractivity contribution in [2.45, 2.75) is 43.5 Å². The summed E-state index contributed by atoms with van der Waals surface area (Å²) in [6, 6.07) is 6.30.